The summed E-state index contributed by atoms with van der Waals surface area (Å²) in [4.78, 5) is 4.18. The third-order valence-corrected chi connectivity index (χ3v) is 2.66. The molecule has 1 unspecified atom stereocenters. The van der Waals surface area contributed by atoms with E-state index in [-0.39, 0.29) is 0 Å². The highest BCUT2D eigenvalue weighted by molar-refractivity contribution is 5.25. The Kier molecular flexibility index (Phi) is 4.50. The molecule has 0 aromatic carbocycles. The van der Waals surface area contributed by atoms with E-state index in [4.69, 9.17) is 0 Å². The zero-order valence-electron chi connectivity index (χ0n) is 9.88. The molecular formula is C13H20N2. The Morgan fingerprint density at radius 1 is 1.60 bits per heavy atom. The Morgan fingerprint density at radius 2 is 2.33 bits per heavy atom. The maximum absolute atomic E-state index is 4.18. The van der Waals surface area contributed by atoms with Crippen molar-refractivity contribution in [3.05, 3.63) is 41.7 Å². The summed E-state index contributed by atoms with van der Waals surface area (Å²) in [6, 6.07) is 2.44. The summed E-state index contributed by atoms with van der Waals surface area (Å²) >= 11 is 0. The minimum atomic E-state index is 0.385. The lowest BCUT2D eigenvalue weighted by Crippen LogP contribution is -2.17. The van der Waals surface area contributed by atoms with Crippen molar-refractivity contribution in [1.82, 2.24) is 10.3 Å². The Labute approximate surface area is 92.4 Å². The number of nitrogens with zero attached hydrogens (tertiary/aromatic N) is 1. The molecule has 0 aliphatic heterocycles. The van der Waals surface area contributed by atoms with Crippen LogP contribution in [0.3, 0.4) is 0 Å². The van der Waals surface area contributed by atoms with Crippen LogP contribution in [0.5, 0.6) is 0 Å². The molecule has 0 aliphatic carbocycles. The van der Waals surface area contributed by atoms with Gasteiger partial charge in [0, 0.05) is 18.4 Å². The lowest BCUT2D eigenvalue weighted by Gasteiger charge is -2.18. The van der Waals surface area contributed by atoms with E-state index in [1.165, 1.54) is 16.7 Å². The number of allylic oxidation sites excluding steroid dienone is 1. The predicted octanol–water partition coefficient (Wildman–Crippen LogP) is 3.01. The van der Waals surface area contributed by atoms with Crippen LogP contribution in [-0.4, -0.2) is 12.0 Å². The summed E-state index contributed by atoms with van der Waals surface area (Å²) in [6.45, 7) is 8.13. The maximum atomic E-state index is 4.18. The standard InChI is InChI=1S/C13H20N2/c1-10(2)5-6-13(14-4)12-9-15-8-7-11(12)3/h7-9,13-14H,1,5-6H2,2-4H3. The van der Waals surface area contributed by atoms with Crippen LogP contribution >= 0.6 is 0 Å². The second-order valence-electron chi connectivity index (χ2n) is 4.07. The lowest BCUT2D eigenvalue weighted by atomic mass is 9.98. The van der Waals surface area contributed by atoms with Gasteiger partial charge in [-0.3, -0.25) is 4.98 Å². The molecule has 0 amide bonds. The van der Waals surface area contributed by atoms with Gasteiger partial charge in [-0.15, -0.1) is 6.58 Å². The summed E-state index contributed by atoms with van der Waals surface area (Å²) in [5.74, 6) is 0. The topological polar surface area (TPSA) is 24.9 Å². The van der Waals surface area contributed by atoms with Gasteiger partial charge < -0.3 is 5.32 Å². The van der Waals surface area contributed by atoms with E-state index in [1.54, 1.807) is 0 Å². The summed E-state index contributed by atoms with van der Waals surface area (Å²) in [6.07, 6.45) is 5.93. The normalized spacial score (nSPS) is 12.5. The molecule has 0 spiro atoms. The van der Waals surface area contributed by atoms with Gasteiger partial charge >= 0.3 is 0 Å². The summed E-state index contributed by atoms with van der Waals surface area (Å²) in [7, 11) is 2.00. The SMILES string of the molecule is C=C(C)CCC(NC)c1cnccc1C. The van der Waals surface area contributed by atoms with E-state index in [0.717, 1.165) is 12.8 Å². The van der Waals surface area contributed by atoms with E-state index < -0.39 is 0 Å². The van der Waals surface area contributed by atoms with Crippen molar-refractivity contribution in [1.29, 1.82) is 0 Å². The van der Waals surface area contributed by atoms with E-state index >= 15 is 0 Å². The van der Waals surface area contributed by atoms with Gasteiger partial charge in [0.1, 0.15) is 0 Å². The first kappa shape index (κ1) is 11.9. The Morgan fingerprint density at radius 3 is 2.87 bits per heavy atom. The highest BCUT2D eigenvalue weighted by Crippen LogP contribution is 2.21. The second kappa shape index (κ2) is 5.66. The fourth-order valence-electron chi connectivity index (χ4n) is 1.69. The second-order valence-corrected chi connectivity index (χ2v) is 4.07. The molecule has 82 valence electrons. The van der Waals surface area contributed by atoms with Crippen molar-refractivity contribution in [3.63, 3.8) is 0 Å². The molecule has 0 radical (unpaired) electrons. The van der Waals surface area contributed by atoms with Crippen molar-refractivity contribution in [2.45, 2.75) is 32.7 Å². The Bertz CT molecular complexity index is 331. The first-order chi connectivity index (χ1) is 7.15. The third kappa shape index (κ3) is 3.48. The molecule has 15 heavy (non-hydrogen) atoms. The van der Waals surface area contributed by atoms with E-state index in [2.05, 4.69) is 36.8 Å². The van der Waals surface area contributed by atoms with Gasteiger partial charge in [-0.1, -0.05) is 5.57 Å². The molecule has 1 heterocycles. The molecule has 1 atom stereocenters. The van der Waals surface area contributed by atoms with Crippen LogP contribution in [-0.2, 0) is 0 Å². The maximum Gasteiger partial charge on any atom is 0.0338 e. The zero-order chi connectivity index (χ0) is 11.3. The van der Waals surface area contributed by atoms with E-state index in [0.29, 0.717) is 6.04 Å². The summed E-state index contributed by atoms with van der Waals surface area (Å²) in [5, 5.41) is 3.33. The van der Waals surface area contributed by atoms with Crippen LogP contribution in [0.25, 0.3) is 0 Å². The van der Waals surface area contributed by atoms with Gasteiger partial charge in [0.25, 0.3) is 0 Å². The van der Waals surface area contributed by atoms with Crippen LogP contribution in [0.15, 0.2) is 30.6 Å². The fourth-order valence-corrected chi connectivity index (χ4v) is 1.69. The van der Waals surface area contributed by atoms with Crippen molar-refractivity contribution in [2.75, 3.05) is 7.05 Å². The van der Waals surface area contributed by atoms with Crippen LogP contribution in [0.2, 0.25) is 0 Å². The Hall–Kier alpha value is -1.15. The average Bonchev–Trinajstić information content (AvgIpc) is 2.21. The number of nitrogens with one attached hydrogen (secondary N) is 1. The highest BCUT2D eigenvalue weighted by atomic mass is 14.9. The predicted molar refractivity (Wildman–Crippen MR) is 64.8 cm³/mol. The first-order valence-corrected chi connectivity index (χ1v) is 5.37. The average molecular weight is 204 g/mol. The molecule has 2 heteroatoms. The minimum absolute atomic E-state index is 0.385. The number of pyridine rings is 1. The number of aryl methyl sites for hydroxylation is 1. The van der Waals surface area contributed by atoms with Crippen LogP contribution in [0.1, 0.15) is 36.9 Å². The van der Waals surface area contributed by atoms with E-state index in [9.17, 15) is 0 Å². The third-order valence-electron chi connectivity index (χ3n) is 2.66. The van der Waals surface area contributed by atoms with Crippen LogP contribution in [0.4, 0.5) is 0 Å². The van der Waals surface area contributed by atoms with Gasteiger partial charge in [0.2, 0.25) is 0 Å². The number of aromatic nitrogens is 1. The smallest absolute Gasteiger partial charge is 0.0338 e. The summed E-state index contributed by atoms with van der Waals surface area (Å²) < 4.78 is 0. The largest absolute Gasteiger partial charge is 0.313 e. The molecule has 1 aromatic heterocycles. The highest BCUT2D eigenvalue weighted by Gasteiger charge is 2.11. The Balaban J connectivity index is 2.74. The zero-order valence-corrected chi connectivity index (χ0v) is 9.88. The van der Waals surface area contributed by atoms with Gasteiger partial charge in [-0.2, -0.15) is 0 Å². The van der Waals surface area contributed by atoms with Crippen molar-refractivity contribution >= 4 is 0 Å². The molecule has 0 saturated heterocycles. The number of rotatable bonds is 5. The molecule has 1 aromatic rings. The van der Waals surface area contributed by atoms with Crippen molar-refractivity contribution in [3.8, 4) is 0 Å². The molecule has 0 fully saturated rings. The molecule has 0 aliphatic rings. The van der Waals surface area contributed by atoms with E-state index in [1.807, 2.05) is 19.4 Å². The molecule has 2 nitrogen and oxygen atoms in total. The molecule has 1 N–H and O–H groups in total. The number of hydrogen-bond acceptors (Lipinski definition) is 2. The molecule has 1 rings (SSSR count). The fraction of sp³-hybridized carbons (Fsp3) is 0.462. The van der Waals surface area contributed by atoms with Gasteiger partial charge in [-0.25, -0.2) is 0 Å². The molecule has 0 bridgehead atoms. The van der Waals surface area contributed by atoms with Gasteiger partial charge in [0.15, 0.2) is 0 Å². The van der Waals surface area contributed by atoms with Crippen LogP contribution in [0, 0.1) is 6.92 Å². The van der Waals surface area contributed by atoms with Crippen molar-refractivity contribution < 1.29 is 0 Å². The molecule has 0 saturated carbocycles. The lowest BCUT2D eigenvalue weighted by molar-refractivity contribution is 0.544. The van der Waals surface area contributed by atoms with Crippen molar-refractivity contribution in [2.24, 2.45) is 0 Å². The first-order valence-electron chi connectivity index (χ1n) is 5.37. The number of hydrogen-bond donors (Lipinski definition) is 1. The van der Waals surface area contributed by atoms with Gasteiger partial charge in [0.05, 0.1) is 0 Å². The van der Waals surface area contributed by atoms with Crippen LogP contribution < -0.4 is 5.32 Å². The monoisotopic (exact) mass is 204 g/mol. The molecular weight excluding hydrogens is 184 g/mol. The quantitative estimate of drug-likeness (QED) is 0.746. The summed E-state index contributed by atoms with van der Waals surface area (Å²) in [5.41, 5.74) is 3.82. The minimum Gasteiger partial charge on any atom is -0.313 e. The van der Waals surface area contributed by atoms with Gasteiger partial charge in [-0.05, 0) is 50.9 Å².